The maximum Gasteiger partial charge on any atom is 0.335 e. The molecule has 2 aromatic rings. The second kappa shape index (κ2) is 2.99. The molecule has 0 fully saturated rings. The average Bonchev–Trinajstić information content (AvgIpc) is 2.48. The third-order valence-corrected chi connectivity index (χ3v) is 3.20. The van der Waals surface area contributed by atoms with Crippen molar-refractivity contribution in [1.82, 2.24) is 0 Å². The first kappa shape index (κ1) is 9.02. The van der Waals surface area contributed by atoms with Crippen LogP contribution in [0.2, 0.25) is 0 Å². The average molecular weight is 208 g/mol. The zero-order valence-corrected chi connectivity index (χ0v) is 8.26. The molecule has 0 bridgehead atoms. The van der Waals surface area contributed by atoms with Crippen LogP contribution in [0.25, 0.3) is 10.1 Å². The van der Waals surface area contributed by atoms with Crippen molar-refractivity contribution < 1.29 is 15.0 Å². The van der Waals surface area contributed by atoms with Crippen LogP contribution in [0.4, 0.5) is 0 Å². The molecule has 0 atom stereocenters. The number of carbonyl (C=O) groups is 1. The fraction of sp³-hybridized carbons (Fsp3) is 0.100. The summed E-state index contributed by atoms with van der Waals surface area (Å²) < 4.78 is 0.938. The Labute approximate surface area is 84.2 Å². The number of hydrogen-bond donors (Lipinski definition) is 2. The zero-order valence-electron chi connectivity index (χ0n) is 7.44. The predicted molar refractivity (Wildman–Crippen MR) is 55.2 cm³/mol. The van der Waals surface area contributed by atoms with E-state index in [4.69, 9.17) is 5.11 Å². The number of aromatic carboxylic acids is 1. The highest BCUT2D eigenvalue weighted by molar-refractivity contribution is 7.17. The molecule has 0 amide bonds. The van der Waals surface area contributed by atoms with Crippen molar-refractivity contribution in [3.05, 3.63) is 28.6 Å². The van der Waals surface area contributed by atoms with Gasteiger partial charge < -0.3 is 10.2 Å². The van der Waals surface area contributed by atoms with Gasteiger partial charge in [0.25, 0.3) is 0 Å². The molecular formula is C10H8O3S. The maximum absolute atomic E-state index is 10.8. The number of aryl methyl sites for hydroxylation is 1. The number of rotatable bonds is 1. The van der Waals surface area contributed by atoms with E-state index in [1.165, 1.54) is 17.4 Å². The molecule has 1 aromatic carbocycles. The van der Waals surface area contributed by atoms with Gasteiger partial charge in [-0.05, 0) is 24.6 Å². The standard InChI is InChI=1S/C10H8O3S/c1-5-2-6(10(12)13)3-7-8(11)4-14-9(5)7/h2-4,11H,1H3,(H,12,13). The molecule has 0 aliphatic carbocycles. The highest BCUT2D eigenvalue weighted by Gasteiger charge is 2.10. The van der Waals surface area contributed by atoms with Crippen LogP contribution in [0.1, 0.15) is 15.9 Å². The molecule has 1 heterocycles. The smallest absolute Gasteiger partial charge is 0.335 e. The van der Waals surface area contributed by atoms with Gasteiger partial charge in [0.2, 0.25) is 0 Å². The molecule has 0 aliphatic rings. The Morgan fingerprint density at radius 1 is 1.43 bits per heavy atom. The summed E-state index contributed by atoms with van der Waals surface area (Å²) in [7, 11) is 0. The van der Waals surface area contributed by atoms with Crippen LogP contribution in [0.5, 0.6) is 5.75 Å². The van der Waals surface area contributed by atoms with E-state index in [1.54, 1.807) is 11.4 Å². The normalized spacial score (nSPS) is 10.6. The molecule has 4 heteroatoms. The molecule has 0 radical (unpaired) electrons. The largest absolute Gasteiger partial charge is 0.506 e. The van der Waals surface area contributed by atoms with E-state index in [0.29, 0.717) is 5.39 Å². The topological polar surface area (TPSA) is 57.5 Å². The quantitative estimate of drug-likeness (QED) is 0.757. The number of fused-ring (bicyclic) bond motifs is 1. The number of benzene rings is 1. The molecule has 0 spiro atoms. The molecule has 14 heavy (non-hydrogen) atoms. The first-order valence-corrected chi connectivity index (χ1v) is 4.91. The lowest BCUT2D eigenvalue weighted by molar-refractivity contribution is 0.0697. The molecular weight excluding hydrogens is 200 g/mol. The van der Waals surface area contributed by atoms with Crippen LogP contribution in [-0.2, 0) is 0 Å². The summed E-state index contributed by atoms with van der Waals surface area (Å²) in [6.07, 6.45) is 0. The number of carboxylic acids is 1. The number of hydrogen-bond acceptors (Lipinski definition) is 3. The molecule has 1 aromatic heterocycles. The van der Waals surface area contributed by atoms with Crippen LogP contribution in [0.15, 0.2) is 17.5 Å². The Balaban J connectivity index is 2.82. The SMILES string of the molecule is Cc1cc(C(=O)O)cc2c(O)csc12. The Bertz CT molecular complexity index is 513. The van der Waals surface area contributed by atoms with Crippen molar-refractivity contribution in [2.75, 3.05) is 0 Å². The van der Waals surface area contributed by atoms with E-state index in [1.807, 2.05) is 6.92 Å². The van der Waals surface area contributed by atoms with Crippen molar-refractivity contribution in [2.45, 2.75) is 6.92 Å². The fourth-order valence-corrected chi connectivity index (χ4v) is 2.31. The first-order valence-electron chi connectivity index (χ1n) is 4.03. The van der Waals surface area contributed by atoms with Gasteiger partial charge in [-0.15, -0.1) is 11.3 Å². The van der Waals surface area contributed by atoms with E-state index < -0.39 is 5.97 Å². The first-order chi connectivity index (χ1) is 6.59. The summed E-state index contributed by atoms with van der Waals surface area (Å²) in [6, 6.07) is 3.11. The molecule has 2 N–H and O–H groups in total. The Morgan fingerprint density at radius 3 is 2.79 bits per heavy atom. The second-order valence-corrected chi connectivity index (χ2v) is 3.98. The molecule has 0 unspecified atom stereocenters. The minimum absolute atomic E-state index is 0.149. The number of thiophene rings is 1. The van der Waals surface area contributed by atoms with Crippen molar-refractivity contribution in [1.29, 1.82) is 0 Å². The molecule has 0 saturated heterocycles. The van der Waals surface area contributed by atoms with Crippen molar-refractivity contribution in [3.63, 3.8) is 0 Å². The highest BCUT2D eigenvalue weighted by atomic mass is 32.1. The third kappa shape index (κ3) is 1.24. The van der Waals surface area contributed by atoms with Gasteiger partial charge in [-0.2, -0.15) is 0 Å². The minimum atomic E-state index is -0.972. The third-order valence-electron chi connectivity index (χ3n) is 2.09. The lowest BCUT2D eigenvalue weighted by Gasteiger charge is -1.99. The predicted octanol–water partition coefficient (Wildman–Crippen LogP) is 2.61. The van der Waals surface area contributed by atoms with Gasteiger partial charge in [0, 0.05) is 15.5 Å². The van der Waals surface area contributed by atoms with Gasteiger partial charge in [-0.1, -0.05) is 0 Å². The number of aromatic hydroxyl groups is 1. The van der Waals surface area contributed by atoms with Crippen molar-refractivity contribution >= 4 is 27.4 Å². The minimum Gasteiger partial charge on any atom is -0.506 e. The molecule has 2 rings (SSSR count). The molecule has 0 saturated carbocycles. The number of carboxylic acid groups (broad SMARTS) is 1. The maximum atomic E-state index is 10.8. The summed E-state index contributed by atoms with van der Waals surface area (Å²) in [5.74, 6) is -0.822. The van der Waals surface area contributed by atoms with Crippen LogP contribution in [-0.4, -0.2) is 16.2 Å². The van der Waals surface area contributed by atoms with Crippen LogP contribution < -0.4 is 0 Å². The van der Waals surface area contributed by atoms with Gasteiger partial charge in [-0.25, -0.2) is 4.79 Å². The van der Waals surface area contributed by atoms with E-state index in [0.717, 1.165) is 10.3 Å². The van der Waals surface area contributed by atoms with Crippen LogP contribution >= 0.6 is 11.3 Å². The summed E-state index contributed by atoms with van der Waals surface area (Å²) in [5, 5.41) is 20.5. The van der Waals surface area contributed by atoms with Gasteiger partial charge in [0.1, 0.15) is 5.75 Å². The van der Waals surface area contributed by atoms with Gasteiger partial charge in [0.05, 0.1) is 5.56 Å². The van der Waals surface area contributed by atoms with Gasteiger partial charge >= 0.3 is 5.97 Å². The molecule has 3 nitrogen and oxygen atoms in total. The zero-order chi connectivity index (χ0) is 10.3. The lowest BCUT2D eigenvalue weighted by atomic mass is 10.1. The van der Waals surface area contributed by atoms with Crippen LogP contribution in [0.3, 0.4) is 0 Å². The molecule has 0 aliphatic heterocycles. The summed E-state index contributed by atoms with van der Waals surface area (Å²) >= 11 is 1.42. The highest BCUT2D eigenvalue weighted by Crippen LogP contribution is 2.34. The van der Waals surface area contributed by atoms with Crippen molar-refractivity contribution in [3.8, 4) is 5.75 Å². The second-order valence-electron chi connectivity index (χ2n) is 3.10. The van der Waals surface area contributed by atoms with Crippen LogP contribution in [0, 0.1) is 6.92 Å². The fourth-order valence-electron chi connectivity index (χ4n) is 1.42. The summed E-state index contributed by atoms with van der Waals surface area (Å²) in [6.45, 7) is 1.84. The molecule has 72 valence electrons. The van der Waals surface area contributed by atoms with E-state index >= 15 is 0 Å². The Morgan fingerprint density at radius 2 is 2.14 bits per heavy atom. The summed E-state index contributed by atoms with van der Waals surface area (Å²) in [4.78, 5) is 10.8. The Hall–Kier alpha value is -1.55. The summed E-state index contributed by atoms with van der Waals surface area (Å²) in [5.41, 5.74) is 1.09. The van der Waals surface area contributed by atoms with E-state index in [2.05, 4.69) is 0 Å². The lowest BCUT2D eigenvalue weighted by Crippen LogP contribution is -1.96. The van der Waals surface area contributed by atoms with Gasteiger partial charge in [0.15, 0.2) is 0 Å². The van der Waals surface area contributed by atoms with E-state index in [9.17, 15) is 9.90 Å². The van der Waals surface area contributed by atoms with Crippen molar-refractivity contribution in [2.24, 2.45) is 0 Å². The van der Waals surface area contributed by atoms with E-state index in [-0.39, 0.29) is 11.3 Å². The Kier molecular flexibility index (Phi) is 1.93. The van der Waals surface area contributed by atoms with Gasteiger partial charge in [-0.3, -0.25) is 0 Å². The monoisotopic (exact) mass is 208 g/mol.